The molecule has 0 saturated heterocycles. The fraction of sp³-hybridized carbons (Fsp3) is 0.0909. The van der Waals surface area contributed by atoms with Crippen LogP contribution < -0.4 is 4.74 Å². The number of carbonyl (C=O) groups is 1. The number of carbonyl (C=O) groups excluding carboxylic acids is 1. The fourth-order valence-electron chi connectivity index (χ4n) is 1.28. The summed E-state index contributed by atoms with van der Waals surface area (Å²) in [7, 11) is 1.38. The molecule has 82 valence electrons. The number of aromatic nitrogens is 1. The fourth-order valence-corrected chi connectivity index (χ4v) is 1.86. The molecule has 0 spiro atoms. The molecule has 0 aliphatic carbocycles. The van der Waals surface area contributed by atoms with Gasteiger partial charge in [0.15, 0.2) is 11.6 Å². The number of thiazole rings is 1. The highest BCUT2D eigenvalue weighted by Crippen LogP contribution is 2.20. The Morgan fingerprint density at radius 2 is 2.31 bits per heavy atom. The first-order chi connectivity index (χ1) is 7.72. The highest BCUT2D eigenvalue weighted by molar-refractivity contribution is 7.11. The van der Waals surface area contributed by atoms with E-state index in [1.165, 1.54) is 42.8 Å². The molecular formula is C11H8FNO2S. The van der Waals surface area contributed by atoms with Gasteiger partial charge in [-0.1, -0.05) is 0 Å². The van der Waals surface area contributed by atoms with Gasteiger partial charge in [0.25, 0.3) is 0 Å². The first-order valence-corrected chi connectivity index (χ1v) is 5.37. The van der Waals surface area contributed by atoms with Crippen LogP contribution in [0, 0.1) is 5.82 Å². The zero-order valence-electron chi connectivity index (χ0n) is 8.44. The molecule has 0 radical (unpaired) electrons. The molecule has 0 bridgehead atoms. The highest BCUT2D eigenvalue weighted by Gasteiger charge is 2.13. The van der Waals surface area contributed by atoms with E-state index in [4.69, 9.17) is 4.74 Å². The molecule has 2 aromatic rings. The molecule has 1 heterocycles. The number of halogens is 1. The molecule has 0 atom stereocenters. The van der Waals surface area contributed by atoms with E-state index < -0.39 is 5.82 Å². The van der Waals surface area contributed by atoms with Gasteiger partial charge >= 0.3 is 0 Å². The third-order valence-electron chi connectivity index (χ3n) is 2.07. The maximum atomic E-state index is 13.4. The average molecular weight is 237 g/mol. The van der Waals surface area contributed by atoms with Crippen molar-refractivity contribution in [3.05, 3.63) is 46.2 Å². The van der Waals surface area contributed by atoms with Crippen LogP contribution >= 0.6 is 11.3 Å². The molecule has 2 rings (SSSR count). The van der Waals surface area contributed by atoms with Crippen molar-refractivity contribution in [1.29, 1.82) is 0 Å². The van der Waals surface area contributed by atoms with Crippen LogP contribution in [-0.2, 0) is 0 Å². The Labute approximate surface area is 95.5 Å². The minimum Gasteiger partial charge on any atom is -0.494 e. The Hall–Kier alpha value is -1.75. The molecule has 0 fully saturated rings. The number of rotatable bonds is 3. The largest absolute Gasteiger partial charge is 0.494 e. The topological polar surface area (TPSA) is 39.2 Å². The molecule has 5 heteroatoms. The van der Waals surface area contributed by atoms with Gasteiger partial charge in [0.2, 0.25) is 5.78 Å². The van der Waals surface area contributed by atoms with Crippen molar-refractivity contribution in [2.24, 2.45) is 0 Å². The molecule has 1 aromatic carbocycles. The van der Waals surface area contributed by atoms with Gasteiger partial charge in [-0.15, -0.1) is 11.3 Å². The average Bonchev–Trinajstić information content (AvgIpc) is 2.81. The Kier molecular flexibility index (Phi) is 2.96. The first kappa shape index (κ1) is 10.8. The van der Waals surface area contributed by atoms with Gasteiger partial charge in [-0.05, 0) is 18.2 Å². The quantitative estimate of drug-likeness (QED) is 0.770. The van der Waals surface area contributed by atoms with Crippen molar-refractivity contribution in [1.82, 2.24) is 4.98 Å². The van der Waals surface area contributed by atoms with Crippen molar-refractivity contribution in [3.63, 3.8) is 0 Å². The van der Waals surface area contributed by atoms with Gasteiger partial charge in [0.1, 0.15) is 0 Å². The number of nitrogens with zero attached hydrogens (tertiary/aromatic N) is 1. The summed E-state index contributed by atoms with van der Waals surface area (Å²) in [6.07, 6.45) is 1.47. The molecule has 0 unspecified atom stereocenters. The normalized spacial score (nSPS) is 10.1. The van der Waals surface area contributed by atoms with E-state index in [0.717, 1.165) is 0 Å². The summed E-state index contributed by atoms with van der Waals surface area (Å²) >= 11 is 1.23. The standard InChI is InChI=1S/C11H8FNO2S/c1-15-9-3-2-7(4-8(9)12)11(14)10-5-13-6-16-10/h2-6H,1H3. The molecule has 3 nitrogen and oxygen atoms in total. The third kappa shape index (κ3) is 1.94. The van der Waals surface area contributed by atoms with E-state index in [1.54, 1.807) is 5.51 Å². The van der Waals surface area contributed by atoms with Crippen LogP contribution in [0.1, 0.15) is 15.2 Å². The van der Waals surface area contributed by atoms with Crippen LogP contribution in [-0.4, -0.2) is 17.9 Å². The van der Waals surface area contributed by atoms with Crippen molar-refractivity contribution in [2.75, 3.05) is 7.11 Å². The van der Waals surface area contributed by atoms with Gasteiger partial charge < -0.3 is 4.74 Å². The first-order valence-electron chi connectivity index (χ1n) is 4.49. The van der Waals surface area contributed by atoms with E-state index in [9.17, 15) is 9.18 Å². The van der Waals surface area contributed by atoms with E-state index in [2.05, 4.69) is 4.98 Å². The lowest BCUT2D eigenvalue weighted by molar-refractivity contribution is 0.104. The lowest BCUT2D eigenvalue weighted by Gasteiger charge is -2.03. The van der Waals surface area contributed by atoms with E-state index >= 15 is 0 Å². The van der Waals surface area contributed by atoms with Crippen molar-refractivity contribution >= 4 is 17.1 Å². The maximum Gasteiger partial charge on any atom is 0.204 e. The van der Waals surface area contributed by atoms with Crippen LogP contribution in [0.2, 0.25) is 0 Å². The van der Waals surface area contributed by atoms with E-state index in [1.807, 2.05) is 0 Å². The second kappa shape index (κ2) is 4.40. The van der Waals surface area contributed by atoms with Crippen molar-refractivity contribution in [3.8, 4) is 5.75 Å². The smallest absolute Gasteiger partial charge is 0.204 e. The summed E-state index contributed by atoms with van der Waals surface area (Å²) in [5.74, 6) is -0.650. The lowest BCUT2D eigenvalue weighted by Crippen LogP contribution is -2.00. The number of ether oxygens (including phenoxy) is 1. The summed E-state index contributed by atoms with van der Waals surface area (Å²) in [6.45, 7) is 0. The Bertz CT molecular complexity index is 511. The molecule has 0 aliphatic rings. The van der Waals surface area contributed by atoms with Crippen molar-refractivity contribution < 1.29 is 13.9 Å². The Morgan fingerprint density at radius 1 is 1.50 bits per heavy atom. The van der Waals surface area contributed by atoms with Gasteiger partial charge in [0, 0.05) is 11.8 Å². The van der Waals surface area contributed by atoms with Crippen LogP contribution in [0.25, 0.3) is 0 Å². The molecule has 1 aromatic heterocycles. The van der Waals surface area contributed by atoms with Crippen LogP contribution in [0.15, 0.2) is 29.9 Å². The lowest BCUT2D eigenvalue weighted by atomic mass is 10.1. The number of ketones is 1. The minimum absolute atomic E-state index is 0.126. The van der Waals surface area contributed by atoms with Gasteiger partial charge in [-0.25, -0.2) is 4.39 Å². The van der Waals surface area contributed by atoms with Crippen LogP contribution in [0.4, 0.5) is 4.39 Å². The number of hydrogen-bond donors (Lipinski definition) is 0. The number of methoxy groups -OCH3 is 1. The third-order valence-corrected chi connectivity index (χ3v) is 2.84. The molecule has 16 heavy (non-hydrogen) atoms. The Morgan fingerprint density at radius 3 is 2.88 bits per heavy atom. The molecular weight excluding hydrogens is 229 g/mol. The SMILES string of the molecule is COc1ccc(C(=O)c2cncs2)cc1F. The zero-order valence-corrected chi connectivity index (χ0v) is 9.25. The van der Waals surface area contributed by atoms with E-state index in [-0.39, 0.29) is 11.5 Å². The summed E-state index contributed by atoms with van der Waals surface area (Å²) in [5, 5.41) is 0. The summed E-state index contributed by atoms with van der Waals surface area (Å²) in [5.41, 5.74) is 1.86. The molecule has 0 N–H and O–H groups in total. The predicted molar refractivity (Wildman–Crippen MR) is 58.5 cm³/mol. The monoisotopic (exact) mass is 237 g/mol. The minimum atomic E-state index is -0.544. The van der Waals surface area contributed by atoms with Crippen molar-refractivity contribution in [2.45, 2.75) is 0 Å². The number of benzene rings is 1. The second-order valence-corrected chi connectivity index (χ2v) is 3.93. The second-order valence-electron chi connectivity index (χ2n) is 3.04. The van der Waals surface area contributed by atoms with Gasteiger partial charge in [-0.3, -0.25) is 9.78 Å². The molecule has 0 saturated carbocycles. The van der Waals surface area contributed by atoms with E-state index in [0.29, 0.717) is 10.4 Å². The van der Waals surface area contributed by atoms with Crippen LogP contribution in [0.3, 0.4) is 0 Å². The Balaban J connectivity index is 2.35. The van der Waals surface area contributed by atoms with Gasteiger partial charge in [0.05, 0.1) is 17.5 Å². The number of hydrogen-bond acceptors (Lipinski definition) is 4. The summed E-state index contributed by atoms with van der Waals surface area (Å²) < 4.78 is 18.1. The van der Waals surface area contributed by atoms with Gasteiger partial charge in [-0.2, -0.15) is 0 Å². The predicted octanol–water partition coefficient (Wildman–Crippen LogP) is 2.52. The van der Waals surface area contributed by atoms with Crippen LogP contribution in [0.5, 0.6) is 5.75 Å². The highest BCUT2D eigenvalue weighted by atomic mass is 32.1. The summed E-state index contributed by atoms with van der Waals surface area (Å²) in [6, 6.07) is 4.13. The summed E-state index contributed by atoms with van der Waals surface area (Å²) in [4.78, 5) is 16.1. The maximum absolute atomic E-state index is 13.4. The molecule has 0 amide bonds. The zero-order chi connectivity index (χ0) is 11.5. The molecule has 0 aliphatic heterocycles.